The number of anilines is 1. The van der Waals surface area contributed by atoms with Crippen LogP contribution >= 0.6 is 11.6 Å². The van der Waals surface area contributed by atoms with Gasteiger partial charge in [-0.15, -0.1) is 0 Å². The normalized spacial score (nSPS) is 25.0. The first kappa shape index (κ1) is 28.4. The molecule has 4 atom stereocenters. The Bertz CT molecular complexity index is 1960. The summed E-state index contributed by atoms with van der Waals surface area (Å²) < 4.78 is 0. The lowest BCUT2D eigenvalue weighted by Gasteiger charge is -2.39. The van der Waals surface area contributed by atoms with E-state index in [0.29, 0.717) is 21.8 Å². The number of nitrogens with zero attached hydrogens (tertiary/aromatic N) is 1. The Labute approximate surface area is 273 Å². The minimum atomic E-state index is -1.43. The number of ketones is 1. The van der Waals surface area contributed by atoms with E-state index in [-0.39, 0.29) is 17.6 Å². The Morgan fingerprint density at radius 1 is 0.543 bits per heavy atom. The van der Waals surface area contributed by atoms with Gasteiger partial charge in [0.2, 0.25) is 11.8 Å². The Balaban J connectivity index is 1.56. The van der Waals surface area contributed by atoms with E-state index in [1.165, 1.54) is 4.90 Å². The van der Waals surface area contributed by atoms with E-state index >= 15 is 14.4 Å². The summed E-state index contributed by atoms with van der Waals surface area (Å²) in [6.07, 6.45) is 0. The molecule has 2 bridgehead atoms. The minimum absolute atomic E-state index is 0.133. The first-order valence-corrected chi connectivity index (χ1v) is 15.9. The van der Waals surface area contributed by atoms with Gasteiger partial charge in [0.15, 0.2) is 5.78 Å². The molecule has 8 rings (SSSR count). The number of imide groups is 1. The molecule has 0 unspecified atom stereocenters. The van der Waals surface area contributed by atoms with Crippen LogP contribution in [-0.2, 0) is 25.2 Å². The van der Waals surface area contributed by atoms with Crippen molar-refractivity contribution in [3.05, 3.63) is 172 Å². The number of rotatable bonds is 5. The number of allylic oxidation sites excluding steroid dienone is 2. The zero-order chi connectivity index (χ0) is 31.8. The predicted molar refractivity (Wildman–Crippen MR) is 181 cm³/mol. The highest BCUT2D eigenvalue weighted by Crippen LogP contribution is 2.74. The standard InChI is InChI=1S/C41H30ClNO3/c1-25-16-20-27(21-17-25)33-34(28-22-18-26(2)19-23-28)41(30-12-7-4-8-13-30)36-35(40(33,39(41)46)29-10-5-3-6-11-29)37(44)43(38(36)45)32-15-9-14-31(42)24-32/h3-24,35-36H,1-2H3/t35-,36+,40-,41-/m1/s1. The summed E-state index contributed by atoms with van der Waals surface area (Å²) in [7, 11) is 0. The lowest BCUT2D eigenvalue weighted by molar-refractivity contribution is -0.130. The number of halogens is 1. The highest BCUT2D eigenvalue weighted by molar-refractivity contribution is 6.39. The fraction of sp³-hybridized carbons (Fsp3) is 0.146. The fourth-order valence-corrected chi connectivity index (χ4v) is 8.62. The van der Waals surface area contributed by atoms with Crippen LogP contribution in [0.3, 0.4) is 0 Å². The van der Waals surface area contributed by atoms with E-state index in [9.17, 15) is 0 Å². The van der Waals surface area contributed by atoms with Crippen molar-refractivity contribution in [3.63, 3.8) is 0 Å². The number of fused-ring (bicyclic) bond motifs is 5. The van der Waals surface area contributed by atoms with E-state index in [1.54, 1.807) is 24.3 Å². The van der Waals surface area contributed by atoms with Gasteiger partial charge in [-0.05, 0) is 65.4 Å². The molecule has 1 heterocycles. The van der Waals surface area contributed by atoms with E-state index in [4.69, 9.17) is 11.6 Å². The largest absolute Gasteiger partial charge is 0.297 e. The minimum Gasteiger partial charge on any atom is -0.297 e. The third kappa shape index (κ3) is 3.59. The zero-order valence-corrected chi connectivity index (χ0v) is 26.2. The molecule has 3 aliphatic rings. The molecule has 224 valence electrons. The first-order valence-electron chi connectivity index (χ1n) is 15.5. The molecule has 0 radical (unpaired) electrons. The van der Waals surface area contributed by atoms with Crippen molar-refractivity contribution >= 4 is 46.0 Å². The molecule has 1 saturated heterocycles. The molecule has 2 fully saturated rings. The lowest BCUT2D eigenvalue weighted by Crippen LogP contribution is -2.45. The molecule has 4 nitrogen and oxygen atoms in total. The summed E-state index contributed by atoms with van der Waals surface area (Å²) >= 11 is 6.40. The second-order valence-corrected chi connectivity index (χ2v) is 13.0. The van der Waals surface area contributed by atoms with Gasteiger partial charge in [0.25, 0.3) is 0 Å². The van der Waals surface area contributed by atoms with Crippen LogP contribution in [0.2, 0.25) is 5.02 Å². The van der Waals surface area contributed by atoms with Crippen molar-refractivity contribution in [3.8, 4) is 0 Å². The van der Waals surface area contributed by atoms with E-state index in [2.05, 4.69) is 0 Å². The van der Waals surface area contributed by atoms with Gasteiger partial charge in [0.05, 0.1) is 28.4 Å². The van der Waals surface area contributed by atoms with Gasteiger partial charge in [-0.1, -0.05) is 138 Å². The molecule has 46 heavy (non-hydrogen) atoms. The third-order valence-corrected chi connectivity index (χ3v) is 10.4. The topological polar surface area (TPSA) is 54.5 Å². The summed E-state index contributed by atoms with van der Waals surface area (Å²) in [4.78, 5) is 47.2. The van der Waals surface area contributed by atoms with Gasteiger partial charge >= 0.3 is 0 Å². The zero-order valence-electron chi connectivity index (χ0n) is 25.4. The summed E-state index contributed by atoms with van der Waals surface area (Å²) in [6, 6.07) is 42.3. The molecule has 5 aromatic carbocycles. The highest BCUT2D eigenvalue weighted by Gasteiger charge is 2.82. The molecule has 1 aliphatic heterocycles. The van der Waals surface area contributed by atoms with Crippen LogP contribution in [0.5, 0.6) is 0 Å². The molecule has 2 amide bonds. The van der Waals surface area contributed by atoms with Crippen molar-refractivity contribution in [2.45, 2.75) is 24.7 Å². The Morgan fingerprint density at radius 2 is 0.978 bits per heavy atom. The molecule has 0 aromatic heterocycles. The molecule has 2 aliphatic carbocycles. The van der Waals surface area contributed by atoms with Crippen LogP contribution in [-0.4, -0.2) is 17.6 Å². The number of aryl methyl sites for hydroxylation is 2. The van der Waals surface area contributed by atoms with E-state index in [0.717, 1.165) is 33.4 Å². The maximum absolute atomic E-state index is 15.9. The highest BCUT2D eigenvalue weighted by atomic mass is 35.5. The van der Waals surface area contributed by atoms with Crippen molar-refractivity contribution in [2.75, 3.05) is 4.90 Å². The van der Waals surface area contributed by atoms with Crippen LogP contribution in [0.1, 0.15) is 33.4 Å². The van der Waals surface area contributed by atoms with Crippen LogP contribution in [0.4, 0.5) is 5.69 Å². The van der Waals surface area contributed by atoms with Gasteiger partial charge < -0.3 is 0 Å². The molecule has 1 saturated carbocycles. The Morgan fingerprint density at radius 3 is 1.39 bits per heavy atom. The fourth-order valence-electron chi connectivity index (χ4n) is 8.43. The molecular weight excluding hydrogens is 590 g/mol. The summed E-state index contributed by atoms with van der Waals surface area (Å²) in [6.45, 7) is 4.06. The van der Waals surface area contributed by atoms with Crippen LogP contribution in [0.15, 0.2) is 133 Å². The van der Waals surface area contributed by atoms with Crippen molar-refractivity contribution < 1.29 is 14.4 Å². The lowest BCUT2D eigenvalue weighted by atomic mass is 9.59. The van der Waals surface area contributed by atoms with Crippen molar-refractivity contribution in [1.82, 2.24) is 0 Å². The predicted octanol–water partition coefficient (Wildman–Crippen LogP) is 8.15. The molecule has 0 spiro atoms. The monoisotopic (exact) mass is 619 g/mol. The summed E-state index contributed by atoms with van der Waals surface area (Å²) in [5.41, 5.74) is 4.40. The number of hydrogen-bond donors (Lipinski definition) is 0. The van der Waals surface area contributed by atoms with Crippen molar-refractivity contribution in [1.29, 1.82) is 0 Å². The molecule has 5 aromatic rings. The molecular formula is C41H30ClNO3. The average Bonchev–Trinajstić information content (AvgIpc) is 3.58. The Kier molecular flexibility index (Phi) is 6.32. The van der Waals surface area contributed by atoms with Crippen LogP contribution < -0.4 is 4.90 Å². The smallest absolute Gasteiger partial charge is 0.239 e. The second-order valence-electron chi connectivity index (χ2n) is 12.6. The second kappa shape index (κ2) is 10.2. The number of benzene rings is 5. The molecule has 0 N–H and O–H groups in total. The van der Waals surface area contributed by atoms with Gasteiger partial charge in [0.1, 0.15) is 0 Å². The average molecular weight is 620 g/mol. The SMILES string of the molecule is Cc1ccc(C2=C(c3ccc(C)cc3)[C@@]3(c4ccccc4)C(=O)[C@@]2(c2ccccc2)[C@@H]2C(=O)N(c4cccc(Cl)c4)C(=O)[C@@H]23)cc1. The first-order chi connectivity index (χ1) is 22.3. The van der Waals surface area contributed by atoms with Crippen LogP contribution in [0.25, 0.3) is 11.1 Å². The maximum atomic E-state index is 15.9. The number of carbonyl (C=O) groups excluding carboxylic acids is 3. The van der Waals surface area contributed by atoms with E-state index in [1.807, 2.05) is 123 Å². The van der Waals surface area contributed by atoms with Crippen molar-refractivity contribution in [2.24, 2.45) is 11.8 Å². The quantitative estimate of drug-likeness (QED) is 0.187. The number of hydrogen-bond acceptors (Lipinski definition) is 3. The van der Waals surface area contributed by atoms with Gasteiger partial charge in [-0.2, -0.15) is 0 Å². The maximum Gasteiger partial charge on any atom is 0.239 e. The summed E-state index contributed by atoms with van der Waals surface area (Å²) in [5.74, 6) is -2.86. The number of amides is 2. The summed E-state index contributed by atoms with van der Waals surface area (Å²) in [5, 5.41) is 0.420. The molecule has 5 heteroatoms. The van der Waals surface area contributed by atoms with Gasteiger partial charge in [-0.25, -0.2) is 4.90 Å². The number of carbonyl (C=O) groups is 3. The number of Topliss-reactive ketones (excluding diaryl/α,β-unsaturated/α-hetero) is 1. The third-order valence-electron chi connectivity index (χ3n) is 10.2. The van der Waals surface area contributed by atoms with Crippen LogP contribution in [0, 0.1) is 25.7 Å². The van der Waals surface area contributed by atoms with E-state index < -0.39 is 22.7 Å². The Hall–Kier alpha value is -5.06. The van der Waals surface area contributed by atoms with Gasteiger partial charge in [-0.3, -0.25) is 14.4 Å². The van der Waals surface area contributed by atoms with Gasteiger partial charge in [0, 0.05) is 5.02 Å².